The van der Waals surface area contributed by atoms with Crippen molar-refractivity contribution in [1.82, 2.24) is 4.57 Å². The van der Waals surface area contributed by atoms with Gasteiger partial charge in [0, 0.05) is 49.7 Å². The van der Waals surface area contributed by atoms with E-state index in [4.69, 9.17) is 4.74 Å². The van der Waals surface area contributed by atoms with Gasteiger partial charge in [0.1, 0.15) is 4.75 Å². The fourth-order valence-electron chi connectivity index (χ4n) is 8.30. The highest BCUT2D eigenvalue weighted by Gasteiger charge is 2.58. The van der Waals surface area contributed by atoms with Crippen molar-refractivity contribution in [2.45, 2.75) is 100 Å². The molecule has 3 heterocycles. The first-order chi connectivity index (χ1) is 24.3. The van der Waals surface area contributed by atoms with Gasteiger partial charge < -0.3 is 14.4 Å². The molecule has 11 heteroatoms. The summed E-state index contributed by atoms with van der Waals surface area (Å²) in [5.41, 5.74) is 3.51. The van der Waals surface area contributed by atoms with E-state index in [1.54, 1.807) is 19.2 Å². The molecule has 272 valence electrons. The number of carbonyl (C=O) groups excluding carboxylic acids is 1. The molecule has 1 spiro atoms. The Kier molecular flexibility index (Phi) is 9.60. The number of nitrogens with zero attached hydrogens (tertiary/aromatic N) is 2. The van der Waals surface area contributed by atoms with Gasteiger partial charge >= 0.3 is 6.18 Å². The highest BCUT2D eigenvalue weighted by atomic mass is 32.2. The van der Waals surface area contributed by atoms with Gasteiger partial charge in [-0.25, -0.2) is 8.42 Å². The SMILES string of the molecule is CCc1cn2c3c(cc(C(=O)C[C@@H](Cc4ccccc4)[C@H](O)CC[C@H](c4cccc(C(F)(F)F)c4)C4CCCO4)cc13)N(C)S(=O)(=O)C1(CC1)C2. The van der Waals surface area contributed by atoms with Crippen molar-refractivity contribution in [1.29, 1.82) is 0 Å². The Balaban J connectivity index is 1.18. The minimum absolute atomic E-state index is 0.0116. The van der Waals surface area contributed by atoms with E-state index in [1.165, 1.54) is 16.4 Å². The van der Waals surface area contributed by atoms with E-state index >= 15 is 0 Å². The smallest absolute Gasteiger partial charge is 0.393 e. The van der Waals surface area contributed by atoms with Crippen LogP contribution < -0.4 is 4.31 Å². The van der Waals surface area contributed by atoms with Crippen LogP contribution in [-0.4, -0.2) is 54.5 Å². The number of aliphatic hydroxyl groups is 1. The van der Waals surface area contributed by atoms with Crippen LogP contribution in [0.3, 0.4) is 0 Å². The molecule has 3 aromatic carbocycles. The number of aromatic nitrogens is 1. The molecular weight excluding hydrogens is 678 g/mol. The Morgan fingerprint density at radius 3 is 2.49 bits per heavy atom. The monoisotopic (exact) mass is 722 g/mol. The van der Waals surface area contributed by atoms with Gasteiger partial charge in [0.25, 0.3) is 0 Å². The summed E-state index contributed by atoms with van der Waals surface area (Å²) < 4.78 is 77.0. The predicted molar refractivity (Wildman–Crippen MR) is 192 cm³/mol. The molecule has 1 N–H and O–H groups in total. The molecule has 51 heavy (non-hydrogen) atoms. The van der Waals surface area contributed by atoms with E-state index in [-0.39, 0.29) is 30.6 Å². The van der Waals surface area contributed by atoms with Gasteiger partial charge in [-0.3, -0.25) is 9.10 Å². The normalized spacial score (nSPS) is 21.1. The lowest BCUT2D eigenvalue weighted by Crippen LogP contribution is -2.38. The minimum Gasteiger partial charge on any atom is -0.393 e. The molecule has 7 nitrogen and oxygen atoms in total. The molecule has 0 radical (unpaired) electrons. The van der Waals surface area contributed by atoms with Crippen LogP contribution in [0.4, 0.5) is 18.9 Å². The molecule has 4 atom stereocenters. The third-order valence-electron chi connectivity index (χ3n) is 11.4. The zero-order valence-corrected chi connectivity index (χ0v) is 29.8. The fraction of sp³-hybridized carbons (Fsp3) is 0.475. The van der Waals surface area contributed by atoms with Gasteiger partial charge in [0.2, 0.25) is 10.0 Å². The van der Waals surface area contributed by atoms with Crippen molar-refractivity contribution < 1.29 is 36.2 Å². The zero-order valence-electron chi connectivity index (χ0n) is 29.0. The molecule has 3 aliphatic rings. The molecule has 2 aliphatic heterocycles. The second-order valence-corrected chi connectivity index (χ2v) is 17.0. The lowest BCUT2D eigenvalue weighted by Gasteiger charge is -2.28. The molecule has 7 rings (SSSR count). The van der Waals surface area contributed by atoms with Crippen molar-refractivity contribution in [2.75, 3.05) is 18.0 Å². The maximum Gasteiger partial charge on any atom is 0.416 e. The van der Waals surface area contributed by atoms with Gasteiger partial charge in [0.15, 0.2) is 5.78 Å². The molecule has 1 unspecified atom stereocenters. The number of ketones is 1. The van der Waals surface area contributed by atoms with Gasteiger partial charge in [-0.1, -0.05) is 55.5 Å². The Labute approximate surface area is 297 Å². The number of Topliss-reactive ketones (excluding diaryl/α,β-unsaturated/α-hetero) is 1. The van der Waals surface area contributed by atoms with E-state index in [2.05, 4.69) is 0 Å². The van der Waals surface area contributed by atoms with Crippen LogP contribution in [0.25, 0.3) is 10.9 Å². The van der Waals surface area contributed by atoms with Crippen LogP contribution in [0, 0.1) is 5.92 Å². The molecular formula is C40H45F3N2O5S. The number of alkyl halides is 3. The second kappa shape index (κ2) is 13.7. The topological polar surface area (TPSA) is 88.8 Å². The summed E-state index contributed by atoms with van der Waals surface area (Å²) in [5.74, 6) is -1.04. The van der Waals surface area contributed by atoms with Crippen LogP contribution in [0.1, 0.15) is 90.4 Å². The second-order valence-electron chi connectivity index (χ2n) is 14.7. The molecule has 1 aromatic heterocycles. The van der Waals surface area contributed by atoms with Crippen molar-refractivity contribution in [3.63, 3.8) is 0 Å². The van der Waals surface area contributed by atoms with E-state index in [0.717, 1.165) is 47.4 Å². The van der Waals surface area contributed by atoms with E-state index in [9.17, 15) is 31.5 Å². The van der Waals surface area contributed by atoms with Crippen LogP contribution in [0.2, 0.25) is 0 Å². The van der Waals surface area contributed by atoms with E-state index in [0.29, 0.717) is 55.6 Å². The number of aliphatic hydroxyl groups excluding tert-OH is 1. The van der Waals surface area contributed by atoms with Crippen molar-refractivity contribution >= 4 is 32.4 Å². The van der Waals surface area contributed by atoms with Crippen LogP contribution in [0.5, 0.6) is 0 Å². The molecule has 1 saturated heterocycles. The zero-order chi connectivity index (χ0) is 36.1. The number of carbonyl (C=O) groups is 1. The Morgan fingerprint density at radius 2 is 1.82 bits per heavy atom. The lowest BCUT2D eigenvalue weighted by molar-refractivity contribution is -0.137. The van der Waals surface area contributed by atoms with Crippen LogP contribution >= 0.6 is 0 Å². The molecule has 0 bridgehead atoms. The summed E-state index contributed by atoms with van der Waals surface area (Å²) in [6, 6.07) is 18.5. The number of hydrogen-bond donors (Lipinski definition) is 1. The highest BCUT2D eigenvalue weighted by Crippen LogP contribution is 2.51. The molecule has 1 aliphatic carbocycles. The number of benzene rings is 3. The summed E-state index contributed by atoms with van der Waals surface area (Å²) in [7, 11) is -2.08. The highest BCUT2D eigenvalue weighted by molar-refractivity contribution is 7.94. The fourth-order valence-corrected chi connectivity index (χ4v) is 10.2. The van der Waals surface area contributed by atoms with Crippen molar-refractivity contribution in [2.24, 2.45) is 5.92 Å². The summed E-state index contributed by atoms with van der Waals surface area (Å²) in [4.78, 5) is 14.3. The average Bonchev–Trinajstić information content (AvgIpc) is 3.56. The minimum atomic E-state index is -4.48. The summed E-state index contributed by atoms with van der Waals surface area (Å²) >= 11 is 0. The average molecular weight is 723 g/mol. The maximum atomic E-state index is 14.3. The van der Waals surface area contributed by atoms with E-state index in [1.807, 2.05) is 54.1 Å². The molecule has 2 fully saturated rings. The van der Waals surface area contributed by atoms with Crippen LogP contribution in [-0.2, 0) is 40.3 Å². The van der Waals surface area contributed by atoms with Gasteiger partial charge in [-0.05, 0) is 92.2 Å². The number of rotatable bonds is 12. The number of anilines is 1. The van der Waals surface area contributed by atoms with Gasteiger partial charge in [-0.2, -0.15) is 13.2 Å². The number of hydrogen-bond acceptors (Lipinski definition) is 5. The molecule has 0 amide bonds. The summed E-state index contributed by atoms with van der Waals surface area (Å²) in [6.07, 6.45) is 0.904. The Morgan fingerprint density at radius 1 is 1.06 bits per heavy atom. The third-order valence-corrected chi connectivity index (χ3v) is 14.0. The largest absolute Gasteiger partial charge is 0.416 e. The standard InChI is InChI=1S/C40H45F3N2O5S/c1-3-27-24-45-25-39(16-17-39)51(48,49)44(2)34-22-30(21-33(27)38(34)45)36(47)23-29(19-26-9-5-4-6-10-26)35(46)15-14-32(37-13-8-18-50-37)28-11-7-12-31(20-28)40(41,42)43/h4-7,9-12,20-22,24,29,32,35,37,46H,3,8,13-19,23,25H2,1-2H3/t29-,32-,35-,37?/m1/s1. The Bertz CT molecular complexity index is 2020. The number of aryl methyl sites for hydroxylation is 1. The predicted octanol–water partition coefficient (Wildman–Crippen LogP) is 8.07. The van der Waals surface area contributed by atoms with Gasteiger partial charge in [-0.15, -0.1) is 0 Å². The maximum absolute atomic E-state index is 14.3. The van der Waals surface area contributed by atoms with Crippen LogP contribution in [0.15, 0.2) is 72.9 Å². The summed E-state index contributed by atoms with van der Waals surface area (Å²) in [6.45, 7) is 2.97. The molecule has 4 aromatic rings. The van der Waals surface area contributed by atoms with Crippen molar-refractivity contribution in [3.8, 4) is 0 Å². The Hall–Kier alpha value is -3.67. The van der Waals surface area contributed by atoms with E-state index < -0.39 is 38.5 Å². The molecule has 1 saturated carbocycles. The number of sulfonamides is 1. The number of halogens is 3. The first-order valence-corrected chi connectivity index (χ1v) is 19.4. The quantitative estimate of drug-likeness (QED) is 0.150. The third kappa shape index (κ3) is 6.84. The van der Waals surface area contributed by atoms with Gasteiger partial charge in [0.05, 0.1) is 29.0 Å². The first-order valence-electron chi connectivity index (χ1n) is 18.0. The van der Waals surface area contributed by atoms with Crippen molar-refractivity contribution in [3.05, 3.63) is 101 Å². The summed E-state index contributed by atoms with van der Waals surface area (Å²) in [5, 5.41) is 12.7. The number of ether oxygens (including phenoxy) is 1. The first kappa shape index (κ1) is 35.7. The lowest BCUT2D eigenvalue weighted by atomic mass is 9.81.